The Balaban J connectivity index is 1.05. The molecule has 0 amide bonds. The van der Waals surface area contributed by atoms with Crippen LogP contribution in [0.2, 0.25) is 0 Å². The Kier molecular flexibility index (Phi) is 8.58. The van der Waals surface area contributed by atoms with Crippen LogP contribution in [0, 0.1) is 5.92 Å². The Bertz CT molecular complexity index is 3440. The van der Waals surface area contributed by atoms with E-state index in [0.717, 1.165) is 82.9 Å². The summed E-state index contributed by atoms with van der Waals surface area (Å²) in [6.45, 7) is 4.71. The fourth-order valence-corrected chi connectivity index (χ4v) is 12.4. The molecule has 1 aliphatic heterocycles. The molecule has 1 saturated carbocycles. The summed E-state index contributed by atoms with van der Waals surface area (Å²) in [5.74, 6) is 1.72. The summed E-state index contributed by atoms with van der Waals surface area (Å²) in [4.78, 5) is 18.9. The summed E-state index contributed by atoms with van der Waals surface area (Å²) in [5, 5.41) is 3.49. The van der Waals surface area contributed by atoms with E-state index in [2.05, 4.69) is 187 Å². The van der Waals surface area contributed by atoms with Crippen molar-refractivity contribution in [3.8, 4) is 28.3 Å². The lowest BCUT2D eigenvalue weighted by atomic mass is 9.66. The highest BCUT2D eigenvalue weighted by Gasteiger charge is 2.43. The van der Waals surface area contributed by atoms with Crippen LogP contribution in [-0.2, 0) is 5.41 Å². The second kappa shape index (κ2) is 14.6. The molecule has 4 heterocycles. The highest BCUT2D eigenvalue weighted by atomic mass is 32.1. The van der Waals surface area contributed by atoms with E-state index in [1.54, 1.807) is 0 Å². The number of benzene rings is 6. The Morgan fingerprint density at radius 3 is 2.36 bits per heavy atom. The maximum atomic E-state index is 5.55. The molecule has 0 radical (unpaired) electrons. The Labute approximate surface area is 377 Å². The van der Waals surface area contributed by atoms with E-state index in [-0.39, 0.29) is 5.41 Å². The fraction of sp³-hybridized carbons (Fsp3) is 0.190. The molecule has 64 heavy (non-hydrogen) atoms. The molecule has 1 fully saturated rings. The van der Waals surface area contributed by atoms with Gasteiger partial charge in [-0.05, 0) is 127 Å². The van der Waals surface area contributed by atoms with Gasteiger partial charge in [0.1, 0.15) is 5.01 Å². The van der Waals surface area contributed by atoms with Crippen LogP contribution in [0.5, 0.6) is 0 Å². The topological polar surface area (TPSA) is 46.8 Å². The van der Waals surface area contributed by atoms with Crippen LogP contribution < -0.4 is 4.90 Å². The van der Waals surface area contributed by atoms with Crippen LogP contribution in [0.3, 0.4) is 0 Å². The number of fused-ring (bicyclic) bond motifs is 10. The van der Waals surface area contributed by atoms with Gasteiger partial charge in [0.25, 0.3) is 0 Å². The molecule has 6 heteroatoms. The third-order valence-corrected chi connectivity index (χ3v) is 15.8. The minimum atomic E-state index is -0.124. The van der Waals surface area contributed by atoms with Crippen LogP contribution in [0.15, 0.2) is 158 Å². The zero-order valence-electron chi connectivity index (χ0n) is 36.1. The third kappa shape index (κ3) is 5.64. The first-order valence-electron chi connectivity index (χ1n) is 23.1. The second-order valence-corrected chi connectivity index (χ2v) is 19.0. The van der Waals surface area contributed by atoms with Gasteiger partial charge >= 0.3 is 0 Å². The maximum Gasteiger partial charge on any atom is 0.235 e. The first kappa shape index (κ1) is 37.6. The highest BCUT2D eigenvalue weighted by molar-refractivity contribution is 7.20. The van der Waals surface area contributed by atoms with Gasteiger partial charge < -0.3 is 4.90 Å². The number of nitrogens with zero attached hydrogens (tertiary/aromatic N) is 5. The minimum Gasteiger partial charge on any atom is -0.310 e. The van der Waals surface area contributed by atoms with Crippen molar-refractivity contribution in [2.75, 3.05) is 4.90 Å². The number of thiazole rings is 1. The molecule has 0 bridgehead atoms. The monoisotopic (exact) mass is 845 g/mol. The third-order valence-electron chi connectivity index (χ3n) is 14.7. The summed E-state index contributed by atoms with van der Waals surface area (Å²) in [6.07, 6.45) is 17.8. The minimum absolute atomic E-state index is 0.124. The quantitative estimate of drug-likeness (QED) is 0.160. The van der Waals surface area contributed by atoms with Gasteiger partial charge in [0.05, 0.1) is 44.0 Å². The molecule has 9 aromatic rings. The molecular formula is C58H47N5S. The summed E-state index contributed by atoms with van der Waals surface area (Å²) in [5.41, 5.74) is 17.8. The Morgan fingerprint density at radius 2 is 1.50 bits per heavy atom. The van der Waals surface area contributed by atoms with Gasteiger partial charge in [-0.15, -0.1) is 11.3 Å². The van der Waals surface area contributed by atoms with Gasteiger partial charge in [-0.25, -0.2) is 15.0 Å². The fourth-order valence-electron chi connectivity index (χ4n) is 11.3. The average molecular weight is 846 g/mol. The Hall–Kier alpha value is -6.89. The number of hydrogen-bond acceptors (Lipinski definition) is 5. The molecule has 2 unspecified atom stereocenters. The lowest BCUT2D eigenvalue weighted by Gasteiger charge is -2.45. The van der Waals surface area contributed by atoms with Crippen molar-refractivity contribution in [1.82, 2.24) is 19.5 Å². The van der Waals surface area contributed by atoms with Crippen molar-refractivity contribution in [3.05, 3.63) is 185 Å². The molecule has 0 N–H and O–H groups in total. The smallest absolute Gasteiger partial charge is 0.235 e. The molecule has 6 aromatic carbocycles. The first-order chi connectivity index (χ1) is 31.6. The zero-order chi connectivity index (χ0) is 42.5. The van der Waals surface area contributed by atoms with E-state index in [0.29, 0.717) is 11.8 Å². The van der Waals surface area contributed by atoms with Crippen LogP contribution >= 0.6 is 11.3 Å². The number of anilines is 3. The van der Waals surface area contributed by atoms with Crippen molar-refractivity contribution in [2.24, 2.45) is 5.92 Å². The largest absolute Gasteiger partial charge is 0.310 e. The molecular weight excluding hydrogens is 799 g/mol. The van der Waals surface area contributed by atoms with Crippen molar-refractivity contribution in [3.63, 3.8) is 0 Å². The average Bonchev–Trinajstić information content (AvgIpc) is 4.02. The lowest BCUT2D eigenvalue weighted by molar-refractivity contribution is 0.474. The normalized spacial score (nSPS) is 18.1. The summed E-state index contributed by atoms with van der Waals surface area (Å²) in [6, 6.07) is 49.3. The predicted octanol–water partition coefficient (Wildman–Crippen LogP) is 15.7. The van der Waals surface area contributed by atoms with Crippen molar-refractivity contribution >= 4 is 72.1 Å². The lowest BCUT2D eigenvalue weighted by Crippen LogP contribution is -2.34. The number of rotatable bonds is 7. The Morgan fingerprint density at radius 1 is 0.719 bits per heavy atom. The van der Waals surface area contributed by atoms with Crippen LogP contribution in [-0.4, -0.2) is 19.5 Å². The van der Waals surface area contributed by atoms with Gasteiger partial charge in [0.2, 0.25) is 5.95 Å². The van der Waals surface area contributed by atoms with E-state index in [1.165, 1.54) is 66.1 Å². The zero-order valence-corrected chi connectivity index (χ0v) is 36.9. The molecule has 5 nitrogen and oxygen atoms in total. The predicted molar refractivity (Wildman–Crippen MR) is 267 cm³/mol. The first-order valence-corrected chi connectivity index (χ1v) is 23.9. The van der Waals surface area contributed by atoms with Crippen LogP contribution in [0.4, 0.5) is 17.1 Å². The van der Waals surface area contributed by atoms with Crippen LogP contribution in [0.1, 0.15) is 85.7 Å². The van der Waals surface area contributed by atoms with Gasteiger partial charge in [-0.3, -0.25) is 4.57 Å². The summed E-state index contributed by atoms with van der Waals surface area (Å²) in [7, 11) is 0. The van der Waals surface area contributed by atoms with E-state index in [1.807, 2.05) is 11.3 Å². The molecule has 3 aliphatic carbocycles. The standard InChI is InChI=1S/C58H47N5S/c1-3-58(4-2)46-23-15-16-24-50(46)62(41-21-13-8-14-22-41)51-32-27-39(35-47(51)58)38-26-31-49-45(33-38)42-29-30-48-55(64-56(59-48)37-19-9-5-6-10-20-37)54(42)63(49)57-60-52(36-17-11-7-12-18-36)43-28-25-40-34-44(40)53(43)61-57/h5,7-9,11-19,21-33,35,40,44H,3-4,6,10,20,34H2,1-2H3. The van der Waals surface area contributed by atoms with E-state index in [9.17, 15) is 0 Å². The van der Waals surface area contributed by atoms with Crippen LogP contribution in [0.25, 0.3) is 72.0 Å². The molecule has 0 saturated heterocycles. The second-order valence-electron chi connectivity index (χ2n) is 18.0. The number of aromatic nitrogens is 4. The highest BCUT2D eigenvalue weighted by Crippen LogP contribution is 2.56. The number of para-hydroxylation sites is 2. The van der Waals surface area contributed by atoms with E-state index in [4.69, 9.17) is 15.0 Å². The molecule has 310 valence electrons. The summed E-state index contributed by atoms with van der Waals surface area (Å²) >= 11 is 1.81. The van der Waals surface area contributed by atoms with Gasteiger partial charge in [0.15, 0.2) is 0 Å². The summed E-state index contributed by atoms with van der Waals surface area (Å²) < 4.78 is 3.54. The number of hydrogen-bond donors (Lipinski definition) is 0. The molecule has 13 rings (SSSR count). The number of allylic oxidation sites excluding steroid dienone is 5. The van der Waals surface area contributed by atoms with Crippen molar-refractivity contribution in [1.29, 1.82) is 0 Å². The molecule has 4 aliphatic rings. The molecule has 3 aromatic heterocycles. The molecule has 2 atom stereocenters. The van der Waals surface area contributed by atoms with Gasteiger partial charge in [-0.1, -0.05) is 123 Å². The van der Waals surface area contributed by atoms with E-state index < -0.39 is 0 Å². The van der Waals surface area contributed by atoms with Gasteiger partial charge in [-0.2, -0.15) is 0 Å². The molecule has 0 spiro atoms. The maximum absolute atomic E-state index is 5.55. The van der Waals surface area contributed by atoms with Crippen molar-refractivity contribution < 1.29 is 0 Å². The SMILES string of the molecule is CCC1(CC)c2ccccc2N(c2ccccc2)c2ccc(-c3ccc4c(c3)c3ccc5nc(C6=CC=CCCC6)sc5c3n4-c3nc(-c4ccccc4)c4c(n3)C3CC3C=C4)cc21. The van der Waals surface area contributed by atoms with Crippen molar-refractivity contribution in [2.45, 2.75) is 63.7 Å². The van der Waals surface area contributed by atoms with Gasteiger partial charge in [0, 0.05) is 38.9 Å². The van der Waals surface area contributed by atoms with E-state index >= 15 is 0 Å².